The lowest BCUT2D eigenvalue weighted by Crippen LogP contribution is -2.45. The molecule has 21 saturated carbocycles. The Morgan fingerprint density at radius 1 is 0.297 bits per heavy atom. The molecule has 0 amide bonds. The molecule has 21 aliphatic rings. The maximum atomic E-state index is 2.49. The van der Waals surface area contributed by atoms with Crippen LogP contribution in [0.4, 0.5) is 0 Å². The summed E-state index contributed by atoms with van der Waals surface area (Å²) < 4.78 is 0. The highest BCUT2D eigenvalue weighted by Gasteiger charge is 2.52. The van der Waals surface area contributed by atoms with Gasteiger partial charge in [-0.1, -0.05) is 242 Å². The maximum absolute atomic E-state index is 2.49. The first-order valence-corrected chi connectivity index (χ1v) is 47.3. The highest BCUT2D eigenvalue weighted by Crippen LogP contribution is 2.63. The summed E-state index contributed by atoms with van der Waals surface area (Å²) in [5.74, 6) is 17.0. The van der Waals surface area contributed by atoms with Gasteiger partial charge in [0.05, 0.1) is 0 Å². The first kappa shape index (κ1) is 85.0. The minimum atomic E-state index is 0.500. The van der Waals surface area contributed by atoms with Crippen molar-refractivity contribution < 1.29 is 0 Å². The van der Waals surface area contributed by atoms with E-state index in [0.29, 0.717) is 32.5 Å². The van der Waals surface area contributed by atoms with Crippen LogP contribution < -0.4 is 0 Å². The second-order valence-electron chi connectivity index (χ2n) is 48.6. The maximum Gasteiger partial charge on any atom is -0.0287 e. The molecule has 0 aromatic heterocycles. The van der Waals surface area contributed by atoms with Crippen molar-refractivity contribution in [3.8, 4) is 0 Å². The first-order valence-electron chi connectivity index (χ1n) is 47.3. The summed E-state index contributed by atoms with van der Waals surface area (Å²) in [7, 11) is 0. The lowest BCUT2D eigenvalue weighted by atomic mass is 9.49. The molecule has 590 valence electrons. The van der Waals surface area contributed by atoms with Gasteiger partial charge < -0.3 is 0 Å². The van der Waals surface area contributed by atoms with Gasteiger partial charge in [0, 0.05) is 0 Å². The third-order valence-electron chi connectivity index (χ3n) is 36.1. The quantitative estimate of drug-likeness (QED) is 0.245. The summed E-state index contributed by atoms with van der Waals surface area (Å²) in [4.78, 5) is 0. The molecule has 21 fully saturated rings. The Morgan fingerprint density at radius 3 is 0.911 bits per heavy atom. The molecule has 0 N–H and O–H groups in total. The van der Waals surface area contributed by atoms with E-state index in [1.54, 1.807) is 89.9 Å². The third kappa shape index (κ3) is 24.3. The lowest BCUT2D eigenvalue weighted by molar-refractivity contribution is -0.0545. The van der Waals surface area contributed by atoms with E-state index in [1.165, 1.54) is 244 Å². The van der Waals surface area contributed by atoms with Gasteiger partial charge in [0.1, 0.15) is 0 Å². The highest BCUT2D eigenvalue weighted by molar-refractivity contribution is 5.03. The van der Waals surface area contributed by atoms with Gasteiger partial charge in [0.15, 0.2) is 0 Å². The molecule has 0 saturated heterocycles. The Kier molecular flexibility index (Phi) is 29.9. The molecule has 4 unspecified atom stereocenters. The fourth-order valence-electron chi connectivity index (χ4n) is 28.7. The summed E-state index contributed by atoms with van der Waals surface area (Å²) >= 11 is 0. The van der Waals surface area contributed by atoms with E-state index in [-0.39, 0.29) is 0 Å². The van der Waals surface area contributed by atoms with Gasteiger partial charge in [-0.3, -0.25) is 0 Å². The van der Waals surface area contributed by atoms with Crippen LogP contribution in [-0.4, -0.2) is 0 Å². The third-order valence-corrected chi connectivity index (χ3v) is 36.1. The van der Waals surface area contributed by atoms with Gasteiger partial charge >= 0.3 is 0 Å². The Labute approximate surface area is 636 Å². The van der Waals surface area contributed by atoms with E-state index in [4.69, 9.17) is 0 Å². The van der Waals surface area contributed by atoms with Crippen LogP contribution in [0.3, 0.4) is 0 Å². The molecule has 10 bridgehead atoms. The molecule has 0 aromatic carbocycles. The summed E-state index contributed by atoms with van der Waals surface area (Å²) in [5.41, 5.74) is 7.72. The van der Waals surface area contributed by atoms with Crippen molar-refractivity contribution in [2.45, 2.75) is 486 Å². The smallest absolute Gasteiger partial charge is 0.0287 e. The van der Waals surface area contributed by atoms with Crippen molar-refractivity contribution in [3.63, 3.8) is 0 Å². The Morgan fingerprint density at radius 2 is 0.624 bits per heavy atom. The molecule has 0 aromatic rings. The largest absolute Gasteiger partial charge is 0.0649 e. The molecule has 4 atom stereocenters. The van der Waals surface area contributed by atoms with Crippen LogP contribution in [0.5, 0.6) is 0 Å². The van der Waals surface area contributed by atoms with Gasteiger partial charge in [-0.15, -0.1) is 0 Å². The summed E-state index contributed by atoms with van der Waals surface area (Å²) in [6.45, 7) is 53.0. The number of fused-ring (bicyclic) bond motifs is 9. The van der Waals surface area contributed by atoms with E-state index in [2.05, 4.69) is 152 Å². The Bertz CT molecular complexity index is 2240. The van der Waals surface area contributed by atoms with Crippen molar-refractivity contribution in [1.29, 1.82) is 0 Å². The average Bonchev–Trinajstić information content (AvgIpc) is 1.06. The van der Waals surface area contributed by atoms with Crippen LogP contribution in [0, 0.1) is 154 Å². The topological polar surface area (TPSA) is 0 Å². The number of hydrogen-bond acceptors (Lipinski definition) is 0. The van der Waals surface area contributed by atoms with Crippen LogP contribution in [0.15, 0.2) is 0 Å². The molecule has 0 heteroatoms. The van der Waals surface area contributed by atoms with Gasteiger partial charge in [-0.2, -0.15) is 0 Å². The molecule has 0 aliphatic heterocycles. The molecule has 4 spiro atoms. The zero-order valence-electron chi connectivity index (χ0n) is 73.5. The second kappa shape index (κ2) is 35.6. The average molecular weight is 1400 g/mol. The minimum Gasteiger partial charge on any atom is -0.0649 e. The molecule has 0 radical (unpaired) electrons. The highest BCUT2D eigenvalue weighted by atomic mass is 14.6. The zero-order valence-corrected chi connectivity index (χ0v) is 73.5. The summed E-state index contributed by atoms with van der Waals surface area (Å²) in [6.07, 6.45) is 79.3. The standard InChI is InChI=1S/C16H30.C14H26.C12H20.C12H22.2C11H20.2C10H18.C5H12/c1-13-6-8-16(9-7-13)11-14(2,3)10-15(4,5)12-16;1-12-4-6-14(7-5-12)10-8-13(2,3)9-11-14;1-2-12-6-9-3-10(7-12)5-11(4-9)8-12;1-11-5-9-12(10-6-11)7-3-2-4-8-12;1-8-9-4-6-10(7-5-9)11(8,2)3;1-10-4-8-11(9-5-10)6-2-3-7-11;1-8-7-9-3-5-10(8,2)6-4-9;1-7-8(2)10-5-3-9(7)4-6-10;1-5(2,3)4/h13H,6-12H2,1-5H3;12H,4-11H2,1-3H3;9-11H,2-8H2,1H3;11H,2-10H2,1H3;8-10H,4-7H2,1-3H3;10H,2-9H2,1H3;8-9H,3-7H2,1-2H3;7-10H,3-6H2,1-2H3;1-4H3. The van der Waals surface area contributed by atoms with E-state index in [1.807, 2.05) is 0 Å². The summed E-state index contributed by atoms with van der Waals surface area (Å²) in [6, 6.07) is 0. The minimum absolute atomic E-state index is 0.500. The van der Waals surface area contributed by atoms with E-state index < -0.39 is 0 Å². The fourth-order valence-corrected chi connectivity index (χ4v) is 28.7. The summed E-state index contributed by atoms with van der Waals surface area (Å²) in [5, 5.41) is 0. The SMILES string of the molecule is CC(C)(C)C.CC1C2CCC(CC2)C1(C)C.CC1C2CCC(CC2)C1C.CC1CC2CCC1(C)CC2.CC1CCC2(CC1)CC(C)(C)CC(C)(C)C2.CC1CCC2(CC1)CCC(C)(C)CC2.CC1CCC2(CCCC2)CC1.CC1CCC2(CCCCC2)CC1.CCC12CC3CC(CC(C3)C1)C2. The van der Waals surface area contributed by atoms with Crippen molar-refractivity contribution in [3.05, 3.63) is 0 Å². The number of rotatable bonds is 1. The van der Waals surface area contributed by atoms with E-state index in [9.17, 15) is 0 Å². The molecule has 21 rings (SSSR count). The normalized spacial score (nSPS) is 39.7. The predicted octanol–water partition coefficient (Wildman–Crippen LogP) is 33.5. The molecule has 0 nitrogen and oxygen atoms in total. The number of hydrogen-bond donors (Lipinski definition) is 0. The predicted molar refractivity (Wildman–Crippen MR) is 448 cm³/mol. The van der Waals surface area contributed by atoms with Crippen LogP contribution >= 0.6 is 0 Å². The van der Waals surface area contributed by atoms with Crippen molar-refractivity contribution in [2.75, 3.05) is 0 Å². The molecular formula is C101H186. The zero-order chi connectivity index (χ0) is 73.5. The molecule has 0 heterocycles. The molecule has 21 aliphatic carbocycles. The van der Waals surface area contributed by atoms with Crippen LogP contribution in [0.25, 0.3) is 0 Å². The van der Waals surface area contributed by atoms with Crippen molar-refractivity contribution >= 4 is 0 Å². The van der Waals surface area contributed by atoms with Crippen LogP contribution in [0.1, 0.15) is 486 Å². The Hall–Kier alpha value is 0. The van der Waals surface area contributed by atoms with Gasteiger partial charge in [-0.05, 0) is 398 Å². The van der Waals surface area contributed by atoms with Crippen LogP contribution in [0.2, 0.25) is 0 Å². The molecule has 101 heavy (non-hydrogen) atoms. The van der Waals surface area contributed by atoms with E-state index in [0.717, 1.165) is 122 Å². The van der Waals surface area contributed by atoms with Crippen molar-refractivity contribution in [2.24, 2.45) is 154 Å². The fraction of sp³-hybridized carbons (Fsp3) is 1.00. The Balaban J connectivity index is 0.000000134. The second-order valence-corrected chi connectivity index (χ2v) is 48.6. The van der Waals surface area contributed by atoms with Gasteiger partial charge in [0.2, 0.25) is 0 Å². The van der Waals surface area contributed by atoms with Gasteiger partial charge in [-0.25, -0.2) is 0 Å². The van der Waals surface area contributed by atoms with Crippen LogP contribution in [-0.2, 0) is 0 Å². The monoisotopic (exact) mass is 1400 g/mol. The lowest BCUT2D eigenvalue weighted by Gasteiger charge is -2.56. The molecular weight excluding hydrogens is 1210 g/mol. The van der Waals surface area contributed by atoms with Crippen molar-refractivity contribution in [1.82, 2.24) is 0 Å². The van der Waals surface area contributed by atoms with E-state index >= 15 is 0 Å². The van der Waals surface area contributed by atoms with Gasteiger partial charge in [0.25, 0.3) is 0 Å². The first-order chi connectivity index (χ1) is 47.3.